The van der Waals surface area contributed by atoms with E-state index in [0.717, 1.165) is 12.0 Å². The molecule has 2 aromatic carbocycles. The van der Waals surface area contributed by atoms with Crippen LogP contribution in [0.1, 0.15) is 31.7 Å². The predicted octanol–water partition coefficient (Wildman–Crippen LogP) is 4.02. The molecule has 130 valence electrons. The van der Waals surface area contributed by atoms with Gasteiger partial charge in [-0.05, 0) is 30.0 Å². The van der Waals surface area contributed by atoms with E-state index in [4.69, 9.17) is 9.47 Å². The maximum atomic E-state index is 12.6. The first-order valence-corrected chi connectivity index (χ1v) is 9.23. The van der Waals surface area contributed by atoms with Crippen molar-refractivity contribution in [3.8, 4) is 11.5 Å². The summed E-state index contributed by atoms with van der Waals surface area (Å²) < 4.78 is 38.0. The Kier molecular flexibility index (Phi) is 5.72. The third-order valence-corrected chi connectivity index (χ3v) is 5.37. The Hall–Kier alpha value is -2.21. The number of methoxy groups -OCH3 is 2. The highest BCUT2D eigenvalue weighted by Gasteiger charge is 2.16. The lowest BCUT2D eigenvalue weighted by Gasteiger charge is -2.13. The summed E-state index contributed by atoms with van der Waals surface area (Å²) in [6.07, 6.45) is 1.01. The number of ether oxygens (including phenoxy) is 2. The van der Waals surface area contributed by atoms with Gasteiger partial charge in [-0.25, -0.2) is 8.42 Å². The lowest BCUT2D eigenvalue weighted by Crippen LogP contribution is -2.13. The lowest BCUT2D eigenvalue weighted by molar-refractivity contribution is 0.395. The summed E-state index contributed by atoms with van der Waals surface area (Å²) in [4.78, 5) is 0.219. The highest BCUT2D eigenvalue weighted by atomic mass is 32.2. The highest BCUT2D eigenvalue weighted by Crippen LogP contribution is 2.28. The van der Waals surface area contributed by atoms with Gasteiger partial charge in [0.15, 0.2) is 0 Å². The monoisotopic (exact) mass is 349 g/mol. The summed E-state index contributed by atoms with van der Waals surface area (Å²) in [5, 5.41) is 0. The molecular formula is C18H23NO4S. The van der Waals surface area contributed by atoms with Crippen molar-refractivity contribution in [2.24, 2.45) is 0 Å². The zero-order chi connectivity index (χ0) is 17.7. The van der Waals surface area contributed by atoms with Crippen molar-refractivity contribution in [3.05, 3.63) is 48.0 Å². The van der Waals surface area contributed by atoms with Crippen molar-refractivity contribution in [1.29, 1.82) is 0 Å². The Morgan fingerprint density at radius 1 is 1.00 bits per heavy atom. The van der Waals surface area contributed by atoms with Crippen LogP contribution in [0, 0.1) is 0 Å². The minimum Gasteiger partial charge on any atom is -0.497 e. The molecule has 0 heterocycles. The van der Waals surface area contributed by atoms with Gasteiger partial charge in [0.2, 0.25) is 0 Å². The molecular weight excluding hydrogens is 326 g/mol. The van der Waals surface area contributed by atoms with E-state index in [9.17, 15) is 8.42 Å². The second-order valence-electron chi connectivity index (χ2n) is 5.59. The fourth-order valence-corrected chi connectivity index (χ4v) is 3.33. The third-order valence-electron chi connectivity index (χ3n) is 3.98. The van der Waals surface area contributed by atoms with Gasteiger partial charge in [-0.1, -0.05) is 26.0 Å². The normalized spacial score (nSPS) is 12.5. The third kappa shape index (κ3) is 4.20. The molecule has 24 heavy (non-hydrogen) atoms. The molecule has 0 saturated carbocycles. The molecule has 1 N–H and O–H groups in total. The summed E-state index contributed by atoms with van der Waals surface area (Å²) in [6, 6.07) is 11.9. The van der Waals surface area contributed by atoms with Crippen LogP contribution < -0.4 is 14.2 Å². The molecule has 0 saturated heterocycles. The molecule has 0 aliphatic rings. The van der Waals surface area contributed by atoms with Crippen molar-refractivity contribution < 1.29 is 17.9 Å². The predicted molar refractivity (Wildman–Crippen MR) is 95.5 cm³/mol. The molecule has 0 amide bonds. The molecule has 6 heteroatoms. The zero-order valence-corrected chi connectivity index (χ0v) is 15.2. The molecule has 0 radical (unpaired) electrons. The average Bonchev–Trinajstić information content (AvgIpc) is 2.60. The van der Waals surface area contributed by atoms with Gasteiger partial charge in [0.1, 0.15) is 11.5 Å². The average molecular weight is 349 g/mol. The molecule has 5 nitrogen and oxygen atoms in total. The summed E-state index contributed by atoms with van der Waals surface area (Å²) in [5.74, 6) is 1.43. The summed E-state index contributed by atoms with van der Waals surface area (Å²) >= 11 is 0. The molecule has 2 rings (SSSR count). The fourth-order valence-electron chi connectivity index (χ4n) is 2.29. The van der Waals surface area contributed by atoms with Crippen LogP contribution in [0.25, 0.3) is 0 Å². The Labute approximate surface area is 143 Å². The SMILES string of the molecule is CC[C@@H](C)c1ccc(S(=O)(=O)Nc2cc(OC)cc(OC)c2)cc1. The molecule has 0 spiro atoms. The maximum Gasteiger partial charge on any atom is 0.261 e. The first kappa shape index (κ1) is 18.1. The first-order chi connectivity index (χ1) is 11.4. The standard InChI is InChI=1S/C18H23NO4S/c1-5-13(2)14-6-8-18(9-7-14)24(20,21)19-15-10-16(22-3)12-17(11-15)23-4/h6-13,19H,5H2,1-4H3/t13-/m1/s1. The first-order valence-electron chi connectivity index (χ1n) is 7.75. The van der Waals surface area contributed by atoms with Crippen LogP contribution in [0.3, 0.4) is 0 Å². The molecule has 1 atom stereocenters. The number of nitrogens with one attached hydrogen (secondary N) is 1. The van der Waals surface area contributed by atoms with E-state index in [1.807, 2.05) is 12.1 Å². The quantitative estimate of drug-likeness (QED) is 0.820. The topological polar surface area (TPSA) is 64.6 Å². The summed E-state index contributed by atoms with van der Waals surface area (Å²) in [5.41, 5.74) is 1.51. The Morgan fingerprint density at radius 3 is 2.00 bits per heavy atom. The Bertz CT molecular complexity index is 763. The number of hydrogen-bond donors (Lipinski definition) is 1. The number of sulfonamides is 1. The van der Waals surface area contributed by atoms with Gasteiger partial charge in [-0.15, -0.1) is 0 Å². The van der Waals surface area contributed by atoms with E-state index in [-0.39, 0.29) is 4.90 Å². The van der Waals surface area contributed by atoms with Gasteiger partial charge in [-0.3, -0.25) is 4.72 Å². The van der Waals surface area contributed by atoms with Crippen LogP contribution in [0.2, 0.25) is 0 Å². The van der Waals surface area contributed by atoms with Gasteiger partial charge in [-0.2, -0.15) is 0 Å². The van der Waals surface area contributed by atoms with E-state index in [1.165, 1.54) is 14.2 Å². The fraction of sp³-hybridized carbons (Fsp3) is 0.333. The lowest BCUT2D eigenvalue weighted by atomic mass is 9.99. The highest BCUT2D eigenvalue weighted by molar-refractivity contribution is 7.92. The minimum atomic E-state index is -3.67. The summed E-state index contributed by atoms with van der Waals surface area (Å²) in [6.45, 7) is 4.22. The van der Waals surface area contributed by atoms with Gasteiger partial charge in [0.05, 0.1) is 24.8 Å². The molecule has 0 unspecified atom stereocenters. The number of anilines is 1. The van der Waals surface area contributed by atoms with Gasteiger partial charge < -0.3 is 9.47 Å². The van der Waals surface area contributed by atoms with E-state index in [2.05, 4.69) is 18.6 Å². The second kappa shape index (κ2) is 7.57. The molecule has 0 aliphatic heterocycles. The van der Waals surface area contributed by atoms with Crippen LogP contribution in [0.4, 0.5) is 5.69 Å². The second-order valence-corrected chi connectivity index (χ2v) is 7.27. The van der Waals surface area contributed by atoms with E-state index in [0.29, 0.717) is 23.1 Å². The van der Waals surface area contributed by atoms with Gasteiger partial charge >= 0.3 is 0 Å². The number of benzene rings is 2. The van der Waals surface area contributed by atoms with Crippen LogP contribution in [-0.2, 0) is 10.0 Å². The Balaban J connectivity index is 2.28. The maximum absolute atomic E-state index is 12.6. The Morgan fingerprint density at radius 2 is 1.54 bits per heavy atom. The van der Waals surface area contributed by atoms with Crippen molar-refractivity contribution in [3.63, 3.8) is 0 Å². The van der Waals surface area contributed by atoms with Crippen LogP contribution in [-0.4, -0.2) is 22.6 Å². The molecule has 0 fully saturated rings. The molecule has 0 aliphatic carbocycles. The van der Waals surface area contributed by atoms with Crippen LogP contribution >= 0.6 is 0 Å². The van der Waals surface area contributed by atoms with Crippen molar-refractivity contribution in [2.45, 2.75) is 31.1 Å². The number of rotatable bonds is 7. The number of hydrogen-bond acceptors (Lipinski definition) is 4. The minimum absolute atomic E-state index is 0.219. The largest absolute Gasteiger partial charge is 0.497 e. The summed E-state index contributed by atoms with van der Waals surface area (Å²) in [7, 11) is -0.644. The van der Waals surface area contributed by atoms with Gasteiger partial charge in [0.25, 0.3) is 10.0 Å². The van der Waals surface area contributed by atoms with E-state index in [1.54, 1.807) is 30.3 Å². The molecule has 0 bridgehead atoms. The molecule has 2 aromatic rings. The van der Waals surface area contributed by atoms with Crippen molar-refractivity contribution >= 4 is 15.7 Å². The van der Waals surface area contributed by atoms with Crippen LogP contribution in [0.5, 0.6) is 11.5 Å². The van der Waals surface area contributed by atoms with Gasteiger partial charge in [0, 0.05) is 18.2 Å². The zero-order valence-electron chi connectivity index (χ0n) is 14.4. The van der Waals surface area contributed by atoms with Crippen molar-refractivity contribution in [2.75, 3.05) is 18.9 Å². The van der Waals surface area contributed by atoms with Crippen molar-refractivity contribution in [1.82, 2.24) is 0 Å². The van der Waals surface area contributed by atoms with Crippen LogP contribution in [0.15, 0.2) is 47.4 Å². The van der Waals surface area contributed by atoms with E-state index < -0.39 is 10.0 Å². The smallest absolute Gasteiger partial charge is 0.261 e. The molecule has 0 aromatic heterocycles. The van der Waals surface area contributed by atoms with E-state index >= 15 is 0 Å².